The minimum absolute atomic E-state index is 0.248. The molecule has 1 aromatic rings. The molecule has 1 rings (SSSR count). The van der Waals surface area contributed by atoms with Crippen LogP contribution in [-0.2, 0) is 9.84 Å². The van der Waals surface area contributed by atoms with Crippen LogP contribution >= 0.6 is 0 Å². The van der Waals surface area contributed by atoms with Crippen molar-refractivity contribution in [3.63, 3.8) is 0 Å². The highest BCUT2D eigenvalue weighted by Crippen LogP contribution is 2.13. The number of sulfone groups is 1. The van der Waals surface area contributed by atoms with Gasteiger partial charge in [0, 0.05) is 5.41 Å². The Morgan fingerprint density at radius 3 is 2.43 bits per heavy atom. The fourth-order valence-electron chi connectivity index (χ4n) is 1.97. The summed E-state index contributed by atoms with van der Waals surface area (Å²) >= 11 is 0. The Kier molecular flexibility index (Phi) is 8.01. The number of rotatable bonds is 10. The van der Waals surface area contributed by atoms with Crippen LogP contribution in [-0.4, -0.2) is 19.6 Å². The van der Waals surface area contributed by atoms with Crippen LogP contribution in [0.4, 0.5) is 0 Å². The second-order valence-electron chi connectivity index (χ2n) is 5.03. The maximum absolute atomic E-state index is 12.0. The Hall–Kier alpha value is -1.39. The van der Waals surface area contributed by atoms with Crippen molar-refractivity contribution in [2.75, 3.05) is 0 Å². The maximum atomic E-state index is 12.0. The molecule has 1 aromatic carbocycles. The largest absolute Gasteiger partial charge is 0.389 e. The van der Waals surface area contributed by atoms with Crippen molar-refractivity contribution in [3.8, 4) is 0 Å². The number of unbranched alkanes of at least 4 members (excludes halogenated alkanes) is 4. The first-order valence-corrected chi connectivity index (χ1v) is 8.88. The van der Waals surface area contributed by atoms with E-state index in [1.54, 1.807) is 30.3 Å². The maximum Gasteiger partial charge on any atom is 0.199 e. The summed E-state index contributed by atoms with van der Waals surface area (Å²) < 4.78 is 24.0. The molecule has 0 aliphatic rings. The molecule has 0 radical (unpaired) electrons. The summed E-state index contributed by atoms with van der Waals surface area (Å²) in [7, 11) is -3.45. The summed E-state index contributed by atoms with van der Waals surface area (Å²) in [5, 5.41) is 10.9. The lowest BCUT2D eigenvalue weighted by atomic mass is 10.1. The van der Waals surface area contributed by atoms with E-state index in [4.69, 9.17) is 0 Å². The number of aliphatic hydroxyl groups is 1. The molecule has 0 fully saturated rings. The molecule has 0 heterocycles. The first kappa shape index (κ1) is 17.7. The summed E-state index contributed by atoms with van der Waals surface area (Å²) in [5.74, 6) is 0. The zero-order valence-corrected chi connectivity index (χ0v) is 13.1. The van der Waals surface area contributed by atoms with Crippen LogP contribution in [0.2, 0.25) is 0 Å². The van der Waals surface area contributed by atoms with Gasteiger partial charge in [0.2, 0.25) is 0 Å². The number of hydrogen-bond acceptors (Lipinski definition) is 3. The van der Waals surface area contributed by atoms with Gasteiger partial charge < -0.3 is 5.11 Å². The van der Waals surface area contributed by atoms with Crippen LogP contribution in [0.5, 0.6) is 0 Å². The summed E-state index contributed by atoms with van der Waals surface area (Å²) in [6.07, 6.45) is 8.37. The number of benzene rings is 1. The molecule has 1 unspecified atom stereocenters. The summed E-state index contributed by atoms with van der Waals surface area (Å²) in [4.78, 5) is 0.248. The Balaban J connectivity index is 2.36. The number of allylic oxidation sites excluding steroid dienone is 1. The molecular formula is C17H24O3S. The molecule has 116 valence electrons. The van der Waals surface area contributed by atoms with Crippen molar-refractivity contribution in [3.05, 3.63) is 54.5 Å². The lowest BCUT2D eigenvalue weighted by Crippen LogP contribution is -2.04. The Bertz CT molecular complexity index is 532. The molecule has 4 heteroatoms. The van der Waals surface area contributed by atoms with E-state index in [1.807, 2.05) is 6.08 Å². The first-order valence-electron chi connectivity index (χ1n) is 7.33. The van der Waals surface area contributed by atoms with Gasteiger partial charge in [0.05, 0.1) is 11.0 Å². The molecule has 0 spiro atoms. The van der Waals surface area contributed by atoms with Crippen molar-refractivity contribution in [2.24, 2.45) is 0 Å². The van der Waals surface area contributed by atoms with E-state index in [1.165, 1.54) is 6.08 Å². The molecule has 0 bridgehead atoms. The van der Waals surface area contributed by atoms with Gasteiger partial charge in [-0.15, -0.1) is 6.58 Å². The van der Waals surface area contributed by atoms with Crippen molar-refractivity contribution >= 4 is 9.84 Å². The van der Waals surface area contributed by atoms with Crippen LogP contribution in [0.25, 0.3) is 0 Å². The highest BCUT2D eigenvalue weighted by molar-refractivity contribution is 7.94. The van der Waals surface area contributed by atoms with Crippen LogP contribution in [0, 0.1) is 0 Å². The molecule has 0 saturated heterocycles. The molecule has 0 aliphatic heterocycles. The highest BCUT2D eigenvalue weighted by Gasteiger charge is 2.10. The van der Waals surface area contributed by atoms with Crippen LogP contribution in [0.15, 0.2) is 59.4 Å². The normalized spacial score (nSPS) is 13.4. The smallest absolute Gasteiger partial charge is 0.199 e. The SMILES string of the molecule is C=CCCCCCCC(O)/C=C/S(=O)(=O)c1ccccc1. The molecule has 0 aromatic heterocycles. The zero-order chi connectivity index (χ0) is 15.6. The summed E-state index contributed by atoms with van der Waals surface area (Å²) in [6, 6.07) is 8.22. The molecule has 0 saturated carbocycles. The van der Waals surface area contributed by atoms with E-state index in [-0.39, 0.29) is 4.90 Å². The summed E-state index contributed by atoms with van der Waals surface area (Å²) in [5.41, 5.74) is 0. The van der Waals surface area contributed by atoms with Gasteiger partial charge in [-0.1, -0.05) is 43.5 Å². The Morgan fingerprint density at radius 2 is 1.76 bits per heavy atom. The predicted molar refractivity (Wildman–Crippen MR) is 86.7 cm³/mol. The minimum atomic E-state index is -3.45. The fraction of sp³-hybridized carbons (Fsp3) is 0.412. The first-order chi connectivity index (χ1) is 10.1. The van der Waals surface area contributed by atoms with E-state index in [2.05, 4.69) is 6.58 Å². The monoisotopic (exact) mass is 308 g/mol. The van der Waals surface area contributed by atoms with Crippen molar-refractivity contribution in [1.29, 1.82) is 0 Å². The van der Waals surface area contributed by atoms with E-state index < -0.39 is 15.9 Å². The van der Waals surface area contributed by atoms with Gasteiger partial charge in [0.1, 0.15) is 0 Å². The van der Waals surface area contributed by atoms with Gasteiger partial charge in [0.25, 0.3) is 0 Å². The van der Waals surface area contributed by atoms with Crippen LogP contribution in [0.3, 0.4) is 0 Å². The van der Waals surface area contributed by atoms with Gasteiger partial charge in [-0.2, -0.15) is 0 Å². The lowest BCUT2D eigenvalue weighted by molar-refractivity contribution is 0.208. The molecule has 0 aliphatic carbocycles. The topological polar surface area (TPSA) is 54.4 Å². The molecule has 1 atom stereocenters. The van der Waals surface area contributed by atoms with Gasteiger partial charge in [-0.3, -0.25) is 0 Å². The Morgan fingerprint density at radius 1 is 1.10 bits per heavy atom. The van der Waals surface area contributed by atoms with E-state index >= 15 is 0 Å². The fourth-order valence-corrected chi connectivity index (χ4v) is 3.06. The predicted octanol–water partition coefficient (Wildman–Crippen LogP) is 3.86. The summed E-state index contributed by atoms with van der Waals surface area (Å²) in [6.45, 7) is 3.67. The van der Waals surface area contributed by atoms with Crippen molar-refractivity contribution in [2.45, 2.75) is 49.5 Å². The van der Waals surface area contributed by atoms with Crippen LogP contribution < -0.4 is 0 Å². The highest BCUT2D eigenvalue weighted by atomic mass is 32.2. The van der Waals surface area contributed by atoms with E-state index in [0.717, 1.165) is 37.5 Å². The third kappa shape index (κ3) is 7.25. The average molecular weight is 308 g/mol. The second kappa shape index (κ2) is 9.53. The lowest BCUT2D eigenvalue weighted by Gasteiger charge is -2.05. The van der Waals surface area contributed by atoms with Gasteiger partial charge in [0.15, 0.2) is 9.84 Å². The third-order valence-corrected chi connectivity index (χ3v) is 4.65. The van der Waals surface area contributed by atoms with Gasteiger partial charge >= 0.3 is 0 Å². The Labute approximate surface area is 127 Å². The van der Waals surface area contributed by atoms with E-state index in [0.29, 0.717) is 6.42 Å². The average Bonchev–Trinajstić information content (AvgIpc) is 2.50. The number of hydrogen-bond donors (Lipinski definition) is 1. The van der Waals surface area contributed by atoms with Crippen molar-refractivity contribution < 1.29 is 13.5 Å². The van der Waals surface area contributed by atoms with Gasteiger partial charge in [-0.05, 0) is 37.5 Å². The van der Waals surface area contributed by atoms with E-state index in [9.17, 15) is 13.5 Å². The van der Waals surface area contributed by atoms with Crippen molar-refractivity contribution in [1.82, 2.24) is 0 Å². The minimum Gasteiger partial charge on any atom is -0.389 e. The molecule has 1 N–H and O–H groups in total. The third-order valence-electron chi connectivity index (χ3n) is 3.21. The second-order valence-corrected chi connectivity index (χ2v) is 6.87. The van der Waals surface area contributed by atoms with Gasteiger partial charge in [-0.25, -0.2) is 8.42 Å². The quantitative estimate of drug-likeness (QED) is 0.527. The molecule has 21 heavy (non-hydrogen) atoms. The standard InChI is InChI=1S/C17H24O3S/c1-2-3-4-5-6-8-11-16(18)14-15-21(19,20)17-12-9-7-10-13-17/h2,7,9-10,12-16,18H,1,3-6,8,11H2/b15-14+. The molecule has 0 amide bonds. The number of aliphatic hydroxyl groups excluding tert-OH is 1. The van der Waals surface area contributed by atoms with Crippen LogP contribution in [0.1, 0.15) is 38.5 Å². The zero-order valence-electron chi connectivity index (χ0n) is 12.3. The molecule has 3 nitrogen and oxygen atoms in total. The molecular weight excluding hydrogens is 284 g/mol.